The Morgan fingerprint density at radius 2 is 2.05 bits per heavy atom. The molecule has 0 saturated heterocycles. The third kappa shape index (κ3) is 4.59. The van der Waals surface area contributed by atoms with Crippen LogP contribution in [0.1, 0.15) is 25.5 Å². The number of nitrogens with zero attached hydrogens (tertiary/aromatic N) is 1. The van der Waals surface area contributed by atoms with Gasteiger partial charge in [-0.3, -0.25) is 0 Å². The highest BCUT2D eigenvalue weighted by molar-refractivity contribution is 5.45. The number of fused-ring (bicyclic) bond motifs is 1. The molecule has 118 valence electrons. The lowest BCUT2D eigenvalue weighted by atomic mass is 10.1. The van der Waals surface area contributed by atoms with E-state index >= 15 is 0 Å². The number of nitrogens with one attached hydrogen (secondary N) is 1. The molecular formula is C16H26N2O3. The largest absolute Gasteiger partial charge is 0.454 e. The zero-order chi connectivity index (χ0) is 15.2. The third-order valence-corrected chi connectivity index (χ3v) is 3.57. The van der Waals surface area contributed by atoms with Crippen LogP contribution in [0.2, 0.25) is 0 Å². The summed E-state index contributed by atoms with van der Waals surface area (Å²) >= 11 is 0. The monoisotopic (exact) mass is 294 g/mol. The molecule has 0 aromatic heterocycles. The Hall–Kier alpha value is -1.30. The standard InChI is InChI=1S/C16H26N2O3/c1-12(2)19-8-7-18(4)10-14(17-3)13-5-6-15-16(9-13)21-11-20-15/h5-6,9,12,14,17H,7-8,10-11H2,1-4H3. The quantitative estimate of drug-likeness (QED) is 0.795. The van der Waals surface area contributed by atoms with Crippen molar-refractivity contribution in [3.05, 3.63) is 23.8 Å². The minimum absolute atomic E-state index is 0.253. The van der Waals surface area contributed by atoms with Gasteiger partial charge < -0.3 is 24.4 Å². The molecule has 1 aromatic rings. The topological polar surface area (TPSA) is 43.0 Å². The van der Waals surface area contributed by atoms with Gasteiger partial charge in [-0.15, -0.1) is 0 Å². The maximum Gasteiger partial charge on any atom is 0.231 e. The number of ether oxygens (including phenoxy) is 3. The van der Waals surface area contributed by atoms with Gasteiger partial charge in [-0.25, -0.2) is 0 Å². The molecular weight excluding hydrogens is 268 g/mol. The molecule has 1 aromatic carbocycles. The smallest absolute Gasteiger partial charge is 0.231 e. The highest BCUT2D eigenvalue weighted by Gasteiger charge is 2.18. The minimum Gasteiger partial charge on any atom is -0.454 e. The van der Waals surface area contributed by atoms with E-state index < -0.39 is 0 Å². The van der Waals surface area contributed by atoms with Crippen molar-refractivity contribution in [1.29, 1.82) is 0 Å². The van der Waals surface area contributed by atoms with Gasteiger partial charge in [0, 0.05) is 19.1 Å². The van der Waals surface area contributed by atoms with E-state index in [9.17, 15) is 0 Å². The molecule has 0 fully saturated rings. The first-order valence-electron chi connectivity index (χ1n) is 7.47. The van der Waals surface area contributed by atoms with Gasteiger partial charge >= 0.3 is 0 Å². The average molecular weight is 294 g/mol. The Kier molecular flexibility index (Phi) is 5.85. The van der Waals surface area contributed by atoms with Crippen LogP contribution in [0.3, 0.4) is 0 Å². The molecule has 1 unspecified atom stereocenters. The lowest BCUT2D eigenvalue weighted by Crippen LogP contribution is -2.33. The molecule has 1 aliphatic heterocycles. The van der Waals surface area contributed by atoms with Crippen molar-refractivity contribution in [3.8, 4) is 11.5 Å². The molecule has 5 heteroatoms. The van der Waals surface area contributed by atoms with Crippen LogP contribution in [-0.4, -0.2) is 51.6 Å². The zero-order valence-corrected chi connectivity index (χ0v) is 13.4. The van der Waals surface area contributed by atoms with Crippen molar-refractivity contribution in [1.82, 2.24) is 10.2 Å². The Balaban J connectivity index is 1.90. The molecule has 5 nitrogen and oxygen atoms in total. The molecule has 1 N–H and O–H groups in total. The van der Waals surface area contributed by atoms with Crippen molar-refractivity contribution in [2.45, 2.75) is 26.0 Å². The van der Waals surface area contributed by atoms with Gasteiger partial charge in [0.25, 0.3) is 0 Å². The van der Waals surface area contributed by atoms with Crippen LogP contribution in [0.4, 0.5) is 0 Å². The Morgan fingerprint density at radius 1 is 1.29 bits per heavy atom. The summed E-state index contributed by atoms with van der Waals surface area (Å²) in [5, 5.41) is 3.36. The third-order valence-electron chi connectivity index (χ3n) is 3.57. The second-order valence-corrected chi connectivity index (χ2v) is 5.64. The Labute approximate surface area is 127 Å². The second kappa shape index (κ2) is 7.64. The molecule has 1 heterocycles. The minimum atomic E-state index is 0.253. The lowest BCUT2D eigenvalue weighted by Gasteiger charge is -2.24. The first kappa shape index (κ1) is 16.1. The lowest BCUT2D eigenvalue weighted by molar-refractivity contribution is 0.0624. The normalized spacial score (nSPS) is 15.0. The molecule has 1 atom stereocenters. The summed E-state index contributed by atoms with van der Waals surface area (Å²) < 4.78 is 16.4. The number of rotatable bonds is 8. The number of hydrogen-bond donors (Lipinski definition) is 1. The van der Waals surface area contributed by atoms with Crippen LogP contribution in [0.5, 0.6) is 11.5 Å². The maximum atomic E-state index is 5.60. The number of hydrogen-bond acceptors (Lipinski definition) is 5. The van der Waals surface area contributed by atoms with E-state index in [0.717, 1.165) is 31.2 Å². The van der Waals surface area contributed by atoms with Gasteiger partial charge in [-0.05, 0) is 45.6 Å². The van der Waals surface area contributed by atoms with Crippen LogP contribution >= 0.6 is 0 Å². The summed E-state index contributed by atoms with van der Waals surface area (Å²) in [7, 11) is 4.09. The van der Waals surface area contributed by atoms with Gasteiger partial charge in [-0.1, -0.05) is 6.07 Å². The summed E-state index contributed by atoms with van der Waals surface area (Å²) in [6.07, 6.45) is 0.285. The van der Waals surface area contributed by atoms with E-state index in [1.165, 1.54) is 5.56 Å². The van der Waals surface area contributed by atoms with E-state index in [2.05, 4.69) is 43.2 Å². The SMILES string of the molecule is CNC(CN(C)CCOC(C)C)c1ccc2c(c1)OCO2. The predicted octanol–water partition coefficient (Wildman–Crippen LogP) is 2.03. The highest BCUT2D eigenvalue weighted by Crippen LogP contribution is 2.34. The van der Waals surface area contributed by atoms with Crippen LogP contribution < -0.4 is 14.8 Å². The number of likely N-dealkylation sites (N-methyl/N-ethyl adjacent to an activating group) is 2. The summed E-state index contributed by atoms with van der Waals surface area (Å²) in [4.78, 5) is 2.27. The van der Waals surface area contributed by atoms with Gasteiger partial charge in [0.05, 0.1) is 12.7 Å². The Morgan fingerprint density at radius 3 is 2.76 bits per heavy atom. The molecule has 21 heavy (non-hydrogen) atoms. The fraction of sp³-hybridized carbons (Fsp3) is 0.625. The summed E-state index contributed by atoms with van der Waals surface area (Å²) in [6, 6.07) is 6.38. The van der Waals surface area contributed by atoms with E-state index in [1.807, 2.05) is 13.1 Å². The summed E-state index contributed by atoms with van der Waals surface area (Å²) in [6.45, 7) is 7.02. The Bertz CT molecular complexity index is 451. The maximum absolute atomic E-state index is 5.60. The molecule has 2 rings (SSSR count). The average Bonchev–Trinajstić information content (AvgIpc) is 2.91. The van der Waals surface area contributed by atoms with Gasteiger partial charge in [0.2, 0.25) is 6.79 Å². The van der Waals surface area contributed by atoms with Crippen molar-refractivity contribution in [2.75, 3.05) is 40.6 Å². The fourth-order valence-corrected chi connectivity index (χ4v) is 2.34. The fourth-order valence-electron chi connectivity index (χ4n) is 2.34. The molecule has 0 amide bonds. The molecule has 0 bridgehead atoms. The van der Waals surface area contributed by atoms with Crippen LogP contribution in [0.25, 0.3) is 0 Å². The van der Waals surface area contributed by atoms with Crippen molar-refractivity contribution >= 4 is 0 Å². The molecule has 0 aliphatic carbocycles. The molecule has 0 radical (unpaired) electrons. The summed E-state index contributed by atoms with van der Waals surface area (Å²) in [5.74, 6) is 1.66. The molecule has 0 saturated carbocycles. The van der Waals surface area contributed by atoms with Gasteiger partial charge in [0.1, 0.15) is 0 Å². The van der Waals surface area contributed by atoms with Crippen LogP contribution in [0.15, 0.2) is 18.2 Å². The zero-order valence-electron chi connectivity index (χ0n) is 13.4. The van der Waals surface area contributed by atoms with E-state index in [1.54, 1.807) is 0 Å². The predicted molar refractivity (Wildman–Crippen MR) is 83.0 cm³/mol. The van der Waals surface area contributed by atoms with E-state index in [4.69, 9.17) is 14.2 Å². The first-order valence-corrected chi connectivity index (χ1v) is 7.47. The van der Waals surface area contributed by atoms with E-state index in [-0.39, 0.29) is 12.1 Å². The van der Waals surface area contributed by atoms with Crippen molar-refractivity contribution < 1.29 is 14.2 Å². The van der Waals surface area contributed by atoms with Crippen LogP contribution in [0, 0.1) is 0 Å². The van der Waals surface area contributed by atoms with Crippen LogP contribution in [-0.2, 0) is 4.74 Å². The summed E-state index contributed by atoms with van der Waals surface area (Å²) in [5.41, 5.74) is 1.21. The first-order chi connectivity index (χ1) is 10.1. The molecule has 1 aliphatic rings. The second-order valence-electron chi connectivity index (χ2n) is 5.64. The highest BCUT2D eigenvalue weighted by atomic mass is 16.7. The number of benzene rings is 1. The van der Waals surface area contributed by atoms with Crippen molar-refractivity contribution in [2.24, 2.45) is 0 Å². The molecule has 0 spiro atoms. The van der Waals surface area contributed by atoms with Gasteiger partial charge in [-0.2, -0.15) is 0 Å². The van der Waals surface area contributed by atoms with E-state index in [0.29, 0.717) is 6.79 Å². The van der Waals surface area contributed by atoms with Gasteiger partial charge in [0.15, 0.2) is 11.5 Å². The van der Waals surface area contributed by atoms with Crippen molar-refractivity contribution in [3.63, 3.8) is 0 Å².